The van der Waals surface area contributed by atoms with Crippen LogP contribution in [0.3, 0.4) is 0 Å². The Bertz CT molecular complexity index is 692. The molecule has 3 rings (SSSR count). The van der Waals surface area contributed by atoms with Crippen molar-refractivity contribution < 1.29 is 14.1 Å². The molecule has 1 aliphatic rings. The number of rotatable bonds is 4. The van der Waals surface area contributed by atoms with Crippen molar-refractivity contribution in [2.24, 2.45) is 0 Å². The Labute approximate surface area is 125 Å². The van der Waals surface area contributed by atoms with Gasteiger partial charge in [0.2, 0.25) is 0 Å². The van der Waals surface area contributed by atoms with Gasteiger partial charge in [-0.05, 0) is 17.7 Å². The standard InChI is InChI=1S/C15H12FNO3S/c16-11-5-6-13(17(18)19)14(7-11)20-8-10-9-21-15-4-2-1-3-12(10)15/h1-7,10H,8-9H2. The number of fused-ring (bicyclic) bond motifs is 1. The van der Waals surface area contributed by atoms with Crippen LogP contribution in [0.25, 0.3) is 0 Å². The monoisotopic (exact) mass is 305 g/mol. The van der Waals surface area contributed by atoms with Crippen LogP contribution in [0.15, 0.2) is 47.4 Å². The average molecular weight is 305 g/mol. The molecule has 0 aliphatic carbocycles. The lowest BCUT2D eigenvalue weighted by atomic mass is 10.0. The molecule has 1 atom stereocenters. The summed E-state index contributed by atoms with van der Waals surface area (Å²) in [5.41, 5.74) is 0.969. The highest BCUT2D eigenvalue weighted by atomic mass is 32.2. The van der Waals surface area contributed by atoms with Gasteiger partial charge in [0.05, 0.1) is 11.5 Å². The van der Waals surface area contributed by atoms with Crippen molar-refractivity contribution in [1.82, 2.24) is 0 Å². The molecule has 108 valence electrons. The highest BCUT2D eigenvalue weighted by Gasteiger charge is 2.24. The number of halogens is 1. The molecule has 1 aliphatic heterocycles. The topological polar surface area (TPSA) is 52.4 Å². The van der Waals surface area contributed by atoms with Crippen LogP contribution in [0.2, 0.25) is 0 Å². The van der Waals surface area contributed by atoms with E-state index in [-0.39, 0.29) is 17.4 Å². The van der Waals surface area contributed by atoms with E-state index in [4.69, 9.17) is 4.74 Å². The molecule has 4 nitrogen and oxygen atoms in total. The smallest absolute Gasteiger partial charge is 0.311 e. The van der Waals surface area contributed by atoms with E-state index in [2.05, 4.69) is 0 Å². The van der Waals surface area contributed by atoms with Gasteiger partial charge in [0.25, 0.3) is 0 Å². The zero-order valence-electron chi connectivity index (χ0n) is 11.0. The van der Waals surface area contributed by atoms with Crippen molar-refractivity contribution in [3.05, 3.63) is 64.0 Å². The zero-order chi connectivity index (χ0) is 14.8. The predicted molar refractivity (Wildman–Crippen MR) is 78.5 cm³/mol. The maximum absolute atomic E-state index is 13.2. The summed E-state index contributed by atoms with van der Waals surface area (Å²) in [5.74, 6) is 0.461. The molecule has 1 heterocycles. The van der Waals surface area contributed by atoms with Gasteiger partial charge in [0.1, 0.15) is 5.82 Å². The molecule has 0 amide bonds. The van der Waals surface area contributed by atoms with Crippen LogP contribution >= 0.6 is 11.8 Å². The molecular formula is C15H12FNO3S. The number of thioether (sulfide) groups is 1. The maximum Gasteiger partial charge on any atom is 0.311 e. The normalized spacial score (nSPS) is 16.5. The van der Waals surface area contributed by atoms with E-state index in [0.717, 1.165) is 24.0 Å². The number of hydrogen-bond donors (Lipinski definition) is 0. The highest BCUT2D eigenvalue weighted by Crippen LogP contribution is 2.40. The Morgan fingerprint density at radius 3 is 2.95 bits per heavy atom. The molecule has 0 radical (unpaired) electrons. The lowest BCUT2D eigenvalue weighted by molar-refractivity contribution is -0.385. The number of nitro groups is 1. The fourth-order valence-electron chi connectivity index (χ4n) is 2.31. The SMILES string of the molecule is O=[N+]([O-])c1ccc(F)cc1OCC1CSc2ccccc21. The molecule has 2 aromatic rings. The van der Waals surface area contributed by atoms with Crippen molar-refractivity contribution >= 4 is 17.4 Å². The third-order valence-electron chi connectivity index (χ3n) is 3.36. The summed E-state index contributed by atoms with van der Waals surface area (Å²) in [6.45, 7) is 0.300. The van der Waals surface area contributed by atoms with Gasteiger partial charge in [0.15, 0.2) is 5.75 Å². The fourth-order valence-corrected chi connectivity index (χ4v) is 3.54. The Hall–Kier alpha value is -2.08. The molecule has 0 N–H and O–H groups in total. The summed E-state index contributed by atoms with van der Waals surface area (Å²) in [5, 5.41) is 10.9. The van der Waals surface area contributed by atoms with Crippen LogP contribution in [-0.4, -0.2) is 17.3 Å². The van der Waals surface area contributed by atoms with Crippen LogP contribution in [-0.2, 0) is 0 Å². The minimum Gasteiger partial charge on any atom is -0.486 e. The van der Waals surface area contributed by atoms with E-state index >= 15 is 0 Å². The second-order valence-electron chi connectivity index (χ2n) is 4.73. The minimum absolute atomic E-state index is 0.0191. The summed E-state index contributed by atoms with van der Waals surface area (Å²) < 4.78 is 18.8. The number of ether oxygens (including phenoxy) is 1. The second-order valence-corrected chi connectivity index (χ2v) is 5.79. The third-order valence-corrected chi connectivity index (χ3v) is 4.61. The molecule has 2 aromatic carbocycles. The van der Waals surface area contributed by atoms with Gasteiger partial charge in [0, 0.05) is 28.7 Å². The van der Waals surface area contributed by atoms with Crippen molar-refractivity contribution in [2.75, 3.05) is 12.4 Å². The minimum atomic E-state index is -0.563. The fraction of sp³-hybridized carbons (Fsp3) is 0.200. The highest BCUT2D eigenvalue weighted by molar-refractivity contribution is 7.99. The van der Waals surface area contributed by atoms with Gasteiger partial charge in [-0.3, -0.25) is 10.1 Å². The first-order valence-electron chi connectivity index (χ1n) is 6.43. The predicted octanol–water partition coefficient (Wildman–Crippen LogP) is 4.00. The van der Waals surface area contributed by atoms with E-state index in [1.54, 1.807) is 11.8 Å². The molecule has 0 fully saturated rings. The van der Waals surface area contributed by atoms with E-state index in [1.807, 2.05) is 24.3 Å². The quantitative estimate of drug-likeness (QED) is 0.633. The van der Waals surface area contributed by atoms with E-state index in [9.17, 15) is 14.5 Å². The molecule has 1 unspecified atom stereocenters. The van der Waals surface area contributed by atoms with Gasteiger partial charge in [-0.2, -0.15) is 0 Å². The van der Waals surface area contributed by atoms with Crippen LogP contribution in [0, 0.1) is 15.9 Å². The number of nitrogens with zero attached hydrogens (tertiary/aromatic N) is 1. The summed E-state index contributed by atoms with van der Waals surface area (Å²) in [6.07, 6.45) is 0. The first kappa shape index (κ1) is 13.9. The van der Waals surface area contributed by atoms with Crippen LogP contribution in [0.1, 0.15) is 11.5 Å². The van der Waals surface area contributed by atoms with Crippen molar-refractivity contribution in [2.45, 2.75) is 10.8 Å². The van der Waals surface area contributed by atoms with Crippen molar-refractivity contribution in [3.8, 4) is 5.75 Å². The summed E-state index contributed by atoms with van der Waals surface area (Å²) in [7, 11) is 0. The van der Waals surface area contributed by atoms with Crippen LogP contribution in [0.5, 0.6) is 5.75 Å². The lowest BCUT2D eigenvalue weighted by Crippen LogP contribution is -2.10. The Morgan fingerprint density at radius 2 is 2.14 bits per heavy atom. The van der Waals surface area contributed by atoms with Gasteiger partial charge >= 0.3 is 5.69 Å². The summed E-state index contributed by atoms with van der Waals surface area (Å²) >= 11 is 1.74. The number of nitro benzene ring substituents is 1. The largest absolute Gasteiger partial charge is 0.486 e. The Kier molecular flexibility index (Phi) is 3.79. The molecule has 0 saturated carbocycles. The van der Waals surface area contributed by atoms with Crippen molar-refractivity contribution in [1.29, 1.82) is 0 Å². The molecule has 0 spiro atoms. The van der Waals surface area contributed by atoms with Crippen LogP contribution in [0.4, 0.5) is 10.1 Å². The Morgan fingerprint density at radius 1 is 1.33 bits per heavy atom. The maximum atomic E-state index is 13.2. The first-order valence-corrected chi connectivity index (χ1v) is 7.42. The zero-order valence-corrected chi connectivity index (χ0v) is 11.8. The molecular weight excluding hydrogens is 293 g/mol. The summed E-state index contributed by atoms with van der Waals surface area (Å²) in [4.78, 5) is 11.6. The van der Waals surface area contributed by atoms with E-state index in [1.165, 1.54) is 10.5 Å². The van der Waals surface area contributed by atoms with Gasteiger partial charge < -0.3 is 4.74 Å². The second kappa shape index (κ2) is 5.73. The number of benzene rings is 2. The average Bonchev–Trinajstić information content (AvgIpc) is 2.88. The van der Waals surface area contributed by atoms with Gasteiger partial charge in [-0.1, -0.05) is 18.2 Å². The summed E-state index contributed by atoms with van der Waals surface area (Å²) in [6, 6.07) is 11.3. The molecule has 0 saturated heterocycles. The molecule has 21 heavy (non-hydrogen) atoms. The Balaban J connectivity index is 1.77. The third kappa shape index (κ3) is 2.85. The van der Waals surface area contributed by atoms with Crippen LogP contribution < -0.4 is 4.74 Å². The first-order chi connectivity index (χ1) is 10.1. The van der Waals surface area contributed by atoms with Gasteiger partial charge in [-0.15, -0.1) is 11.8 Å². The number of hydrogen-bond acceptors (Lipinski definition) is 4. The van der Waals surface area contributed by atoms with E-state index in [0.29, 0.717) is 6.61 Å². The molecule has 6 heteroatoms. The van der Waals surface area contributed by atoms with Crippen molar-refractivity contribution in [3.63, 3.8) is 0 Å². The van der Waals surface area contributed by atoms with E-state index < -0.39 is 10.7 Å². The molecule has 0 bridgehead atoms. The lowest BCUT2D eigenvalue weighted by Gasteiger charge is -2.12. The molecule has 0 aromatic heterocycles. The van der Waals surface area contributed by atoms with Gasteiger partial charge in [-0.25, -0.2) is 4.39 Å².